The van der Waals surface area contributed by atoms with Crippen LogP contribution in [0.5, 0.6) is 0 Å². The Hall–Kier alpha value is -5.97. The van der Waals surface area contributed by atoms with Crippen LogP contribution >= 0.6 is 40.5 Å². The van der Waals surface area contributed by atoms with Crippen molar-refractivity contribution in [1.29, 1.82) is 11.9 Å². The molecule has 6 heterocycles. The number of amides is 1. The van der Waals surface area contributed by atoms with Gasteiger partial charge in [0.2, 0.25) is 12.5 Å². The van der Waals surface area contributed by atoms with Crippen LogP contribution in [0.4, 0.5) is 0 Å². The standard InChI is InChI=1S/C23H28N6O2.C15H17N5O2.C11H18O4.C8H15NO2.C8H11N.C6H10O3.C6H10O2.C6H10O.C4H8Br2.C4H9O.C4H10O.C2H2NO2P.C2H7NO.C2H5O.CH4.BH.K.Na.U/c1-23(2,3)22(30)31-15-28-10-9-18-20(25-14-26-21(18)28)17-11-27-29(13-17)19(12-24-4)16-7-5-6-8-16;1-15(2,3)14(21)22-9-20-5-4-11-12(10-6-18-19-7-10)16-8-17-13(11)20;1-3-14-9(12)11(7-5-6-8-11)10(13)15-4-2;1-9(11-2)8(10)7-5-3-4-6-7;9-7-3-6-8-4-1-2-5-8;1-3-9-6(8)4-5(2)7;7-6(8)5-3-1-2-4-5;7-5-6-3-1-2-4-6;5-3-1-2-4-6;1-4(2,3)5;1-3-5-4-2;3-1-2-5-6-4;1-3-4-2;1-2-3;;;;;/h9-11,13-14,16,19H,5-8,12,15H2,1-3H3;4-8H,9H2,1-3H3,(H,18,19);3-8H2,1-2H3;7H,3-6H2,1-2H3;3,6,8H,1-2,4-5H2;3-4H2,1-2H3;5H,1-4H2,(H,7,8);5-6H,1-4H2;1-4H2;1-3H3;3-4H2,1-2H3;2H2;3H,1-2H3;2H2,1H3;1H4;1H;;;/q;;;;;;;;;-1;;;;-1;;;2*+1;/i5D2,6D2,7D2,8D2,16D;;5D2,6D2,7D2,8D2;3D2,4D2,5D2,6D2,7D;1D2,2D2,4D2,5D2,8D;;1D2,2D2,3D2,4D2,5D;1D2,2D2,3D2,4D2,6D;1D2,2D2,3D2,4D2;;;;;;;1D;;;. The number of H-pyrrole nitrogens is 1. The van der Waals surface area contributed by atoms with E-state index in [1.807, 2.05) is 46.9 Å². The van der Waals surface area contributed by atoms with Crippen molar-refractivity contribution in [2.24, 2.45) is 45.7 Å². The first-order chi connectivity index (χ1) is 91.0. The molecule has 0 aliphatic heterocycles. The number of rotatable bonds is 29. The fourth-order valence-electron chi connectivity index (χ4n) is 8.55. The number of allylic oxidation sites excluding steroid dienone is 2. The fourth-order valence-corrected chi connectivity index (χ4v) is 8.85. The van der Waals surface area contributed by atoms with Gasteiger partial charge in [-0.1, -0.05) is 150 Å². The molecule has 0 aromatic carbocycles. The number of hydroxylamine groups is 3. The van der Waals surface area contributed by atoms with Gasteiger partial charge in [0.25, 0.3) is 0 Å². The molecule has 146 heavy (non-hydrogen) atoms. The number of aldehydes is 1. The summed E-state index contributed by atoms with van der Waals surface area (Å²) in [5.41, 5.74) is 0.558. The molecule has 0 spiro atoms. The molecule has 44 heteroatoms. The molecule has 808 valence electrons. The normalized spacial score (nSPS) is 30.2. The summed E-state index contributed by atoms with van der Waals surface area (Å²) in [5.74, 6) is -24.3. The van der Waals surface area contributed by atoms with Crippen LogP contribution in [0.15, 0.2) is 74.1 Å². The van der Waals surface area contributed by atoms with Gasteiger partial charge in [0.1, 0.15) is 55.1 Å². The van der Waals surface area contributed by atoms with E-state index >= 15 is 0 Å². The molecule has 6 aliphatic carbocycles. The monoisotopic (exact) mass is 2510 g/mol. The van der Waals surface area contributed by atoms with Gasteiger partial charge in [-0.2, -0.15) is 20.7 Å². The summed E-state index contributed by atoms with van der Waals surface area (Å²) in [5, 5.41) is 51.3. The van der Waals surface area contributed by atoms with Crippen LogP contribution in [0.3, 0.4) is 0 Å². The largest absolute Gasteiger partial charge is 1.00 e. The van der Waals surface area contributed by atoms with Crippen molar-refractivity contribution in [3.8, 4) is 34.7 Å². The third-order valence-electron chi connectivity index (χ3n) is 14.6. The summed E-state index contributed by atoms with van der Waals surface area (Å²) < 4.78 is 516. The van der Waals surface area contributed by atoms with Crippen LogP contribution in [0, 0.1) is 106 Å². The number of halogens is 2. The maximum atomic E-state index is 12.4. The van der Waals surface area contributed by atoms with E-state index in [4.69, 9.17) is 126 Å². The van der Waals surface area contributed by atoms with Crippen LogP contribution < -0.4 is 96.6 Å². The summed E-state index contributed by atoms with van der Waals surface area (Å²) in [7, 11) is 8.64. The number of carboxylic acids is 1. The molecule has 1 unspecified atom stereocenters. The second-order valence-electron chi connectivity index (χ2n) is 28.4. The van der Waals surface area contributed by atoms with Gasteiger partial charge < -0.3 is 58.2 Å². The quantitative estimate of drug-likeness (QED) is 0.00335. The molecule has 6 saturated carbocycles. The van der Waals surface area contributed by atoms with Crippen LogP contribution in [0.25, 0.3) is 49.4 Å². The predicted octanol–water partition coefficient (Wildman–Crippen LogP) is 12.8. The van der Waals surface area contributed by atoms with Crippen LogP contribution in [-0.2, 0) is 104 Å². The molecule has 2 radical (unpaired) electrons. The Balaban J connectivity index is -0.000000436. The van der Waals surface area contributed by atoms with E-state index in [2.05, 4.69) is 114 Å². The number of ether oxygens (including phenoxy) is 6. The molecule has 1 amide bonds. The first-order valence-electron chi connectivity index (χ1n) is 72.2. The van der Waals surface area contributed by atoms with Crippen molar-refractivity contribution in [2.45, 2.75) is 315 Å². The minimum absolute atomic E-state index is 0. The summed E-state index contributed by atoms with van der Waals surface area (Å²) in [4.78, 5) is 132. The van der Waals surface area contributed by atoms with E-state index in [1.54, 1.807) is 109 Å². The number of Topliss-reactive ketones (excluding diaryl/α,β-unsaturated/α-hetero) is 1. The van der Waals surface area contributed by atoms with Gasteiger partial charge in [-0.05, 0) is 198 Å². The van der Waals surface area contributed by atoms with Crippen molar-refractivity contribution >= 4 is 125 Å². The molecule has 6 aromatic heterocycles. The number of carbonyl (C=O) groups is 9. The number of nitrogens with zero attached hydrogens (tertiary/aromatic N) is 13. The first-order valence-corrected chi connectivity index (χ1v) is 43.5. The van der Waals surface area contributed by atoms with E-state index in [-0.39, 0.29) is 184 Å². The number of nitrogens with one attached hydrogen (secondary N) is 2. The predicted molar refractivity (Wildman–Crippen MR) is 558 cm³/mol. The molecular weight excluding hydrogens is 2290 g/mol. The van der Waals surface area contributed by atoms with Crippen molar-refractivity contribution in [3.63, 3.8) is 0 Å². The van der Waals surface area contributed by atoms with E-state index < -0.39 is 285 Å². The Morgan fingerprint density at radius 1 is 0.719 bits per heavy atom. The van der Waals surface area contributed by atoms with E-state index in [0.717, 1.165) is 48.7 Å². The molecule has 37 nitrogen and oxygen atoms in total. The number of aromatic nitrogens is 10. The Bertz CT molecular complexity index is 7560. The summed E-state index contributed by atoms with van der Waals surface area (Å²) in [6.07, 6.45) is -73.6. The minimum atomic E-state index is -3.56. The Labute approximate surface area is 1060 Å². The third kappa shape index (κ3) is 68.1. The van der Waals surface area contributed by atoms with Crippen LogP contribution in [0.1, 0.15) is 380 Å². The van der Waals surface area contributed by atoms with Crippen LogP contribution in [0.2, 0.25) is 0 Å². The maximum Gasteiger partial charge on any atom is 1.00 e. The van der Waals surface area contributed by atoms with Crippen molar-refractivity contribution in [1.82, 2.24) is 59.6 Å². The van der Waals surface area contributed by atoms with Crippen molar-refractivity contribution in [2.75, 3.05) is 91.7 Å². The molecule has 1 atom stereocenters. The zero-order valence-electron chi connectivity index (χ0n) is 146. The molecule has 0 saturated heterocycles. The SMILES string of the molecule is C.CC(C)(C)C(=O)OCn1ccc2c(-c3cn[nH]c3)ncnc21.CC(C)(C)[O-].CCOC(=O)CC(C)=O.CCOCC.CC[O-].CNOC.N#CCOP=O.[2H]C([2H])(Br)C([2H])([2H])C([2H])([2H])C([2H])([2H])Br.[2H]C1([2H])C([2H])([2H])C([2H])([2H])C(C(=O)OCC)(C(=O)OCC)C1([2H])[2H].[2H]C1([2H])C([2H])([2H])C([2H])([2H])C([2H])(C(=O)N(C)OC)C1([2H])[2H].[2H]C1([2H])C([2H])([2H])C([2H])([2H])C([2H])(C(=O)O)C1([2H])[2H].[2H]C1([2H])C([2H])([2H])C([2H])([2H])C([2H])(C(C[N+]#[C-])n2cc(-c3ncnc4c3ccn4COC(=O)C(C)(C)C)cn2)C1([2H])[2H].[2H]C1([2H])C([2H])([2H])C([2H])([2H])C([2H])(C=CC#N)C1([2H])[2H].[2H]C1([2H])C([2H])([2H])C([2H])([2H])C([2H])(C=O)C1([2H])[2H].[2H][B].[K+].[Na+].[U]. The van der Waals surface area contributed by atoms with Crippen molar-refractivity contribution in [3.05, 3.63) is 85.5 Å². The average Bonchev–Trinajstić information content (AvgIpc) is 1.46. The molecule has 6 aromatic rings. The molecule has 6 aliphatic rings. The summed E-state index contributed by atoms with van der Waals surface area (Å²) in [6, 6.07) is 5.00. The smallest absolute Gasteiger partial charge is 0.855 e. The number of aromatic amines is 1. The first kappa shape index (κ1) is 71.2. The van der Waals surface area contributed by atoms with Crippen molar-refractivity contribution < 1.29 is 301 Å². The molecule has 0 bridgehead atoms. The number of ketones is 1. The van der Waals surface area contributed by atoms with E-state index in [0.29, 0.717) is 51.8 Å². The number of carboxylic acid groups (broad SMARTS) is 1. The Kier molecular flexibility index (Phi) is 45.2. The number of alkyl halides is 2. The zero-order chi connectivity index (χ0) is 163. The average molecular weight is 2520 g/mol. The van der Waals surface area contributed by atoms with E-state index in [1.165, 1.54) is 51.9 Å². The third-order valence-corrected chi connectivity index (χ3v) is 15.3. The van der Waals surface area contributed by atoms with Gasteiger partial charge in [0, 0.05) is 226 Å². The summed E-state index contributed by atoms with van der Waals surface area (Å²) in [6.45, 7) is 34.8. The number of nitriles is 2. The Morgan fingerprint density at radius 3 is 1.47 bits per heavy atom. The van der Waals surface area contributed by atoms with Gasteiger partial charge in [0.05, 0.1) is 86.7 Å². The number of aliphatic carboxylic acids is 1. The van der Waals surface area contributed by atoms with Gasteiger partial charge in [0.15, 0.2) is 18.9 Å². The van der Waals surface area contributed by atoms with Crippen LogP contribution in [-0.4, -0.2) is 220 Å². The molecule has 6 fully saturated rings. The molecular formula is C102H165BBr2KN15NaO22PU. The van der Waals surface area contributed by atoms with Gasteiger partial charge >= 0.3 is 125 Å². The minimum Gasteiger partial charge on any atom is -0.855 e. The maximum absolute atomic E-state index is 12.4. The van der Waals surface area contributed by atoms with Gasteiger partial charge in [-0.15, -0.1) is 12.2 Å². The number of hydrogen-bond donors (Lipinski definition) is 3. The van der Waals surface area contributed by atoms with E-state index in [9.17, 15) is 52.8 Å². The fraction of sp³-hybridized carbons (Fsp3) is 0.686. The second-order valence-corrected chi connectivity index (χ2v) is 29.6. The van der Waals surface area contributed by atoms with Gasteiger partial charge in [-0.25, -0.2) is 41.6 Å². The zero-order valence-corrected chi connectivity index (χ0v) is 97.3. The molecule has 3 N–H and O–H groups in total. The number of carbonyl (C=O) groups excluding carboxylic acids is 8. The summed E-state index contributed by atoms with van der Waals surface area (Å²) >= 11 is 4.72. The number of fused-ring (bicyclic) bond motifs is 2. The topological polar surface area (TPSA) is 495 Å². The Morgan fingerprint density at radius 2 is 1.14 bits per heavy atom. The number of hydrogen-bond acceptors (Lipinski definition) is 30. The molecule has 12 rings (SSSR count). The number of esters is 5. The second kappa shape index (κ2) is 92.7. The van der Waals surface area contributed by atoms with Gasteiger partial charge in [-0.3, -0.25) is 66.6 Å².